The van der Waals surface area contributed by atoms with E-state index in [-0.39, 0.29) is 24.0 Å². The Balaban J connectivity index is 0.00000208. The van der Waals surface area contributed by atoms with E-state index in [9.17, 15) is 0 Å². The third kappa shape index (κ3) is 4.76. The second-order valence-electron chi connectivity index (χ2n) is 5.61. The number of rotatable bonds is 3. The van der Waals surface area contributed by atoms with Gasteiger partial charge in [0.2, 0.25) is 0 Å². The van der Waals surface area contributed by atoms with E-state index in [2.05, 4.69) is 32.0 Å². The number of aryl methyl sites for hydroxylation is 1. The molecule has 1 saturated heterocycles. The first-order chi connectivity index (χ1) is 11.1. The minimum atomic E-state index is 0. The Hall–Kier alpha value is -1.48. The lowest BCUT2D eigenvalue weighted by Crippen LogP contribution is -2.51. The third-order valence-corrected chi connectivity index (χ3v) is 4.22. The van der Waals surface area contributed by atoms with Gasteiger partial charge in [0.15, 0.2) is 5.96 Å². The normalized spacial score (nSPS) is 15.3. The molecule has 0 amide bonds. The van der Waals surface area contributed by atoms with Crippen LogP contribution in [0.15, 0.2) is 41.5 Å². The third-order valence-electron chi connectivity index (χ3n) is 3.97. The highest BCUT2D eigenvalue weighted by atomic mass is 127. The molecule has 0 aliphatic carbocycles. The van der Waals surface area contributed by atoms with E-state index in [1.807, 2.05) is 31.4 Å². The Kier molecular flexibility index (Phi) is 6.73. The van der Waals surface area contributed by atoms with Crippen LogP contribution in [0.5, 0.6) is 0 Å². The van der Waals surface area contributed by atoms with Crippen molar-refractivity contribution in [2.45, 2.75) is 6.54 Å². The first-order valence-corrected chi connectivity index (χ1v) is 8.03. The molecule has 1 aromatic carbocycles. The van der Waals surface area contributed by atoms with E-state index in [4.69, 9.17) is 17.3 Å². The average molecular weight is 461 g/mol. The summed E-state index contributed by atoms with van der Waals surface area (Å²) < 4.78 is 1.77. The molecule has 3 rings (SSSR count). The topological polar surface area (TPSA) is 62.7 Å². The molecule has 130 valence electrons. The van der Waals surface area contributed by atoms with Crippen LogP contribution in [-0.4, -0.2) is 46.8 Å². The summed E-state index contributed by atoms with van der Waals surface area (Å²) in [5, 5.41) is 5.07. The van der Waals surface area contributed by atoms with Crippen molar-refractivity contribution in [1.82, 2.24) is 14.7 Å². The molecule has 0 spiro atoms. The van der Waals surface area contributed by atoms with Crippen molar-refractivity contribution in [2.75, 3.05) is 31.1 Å². The smallest absolute Gasteiger partial charge is 0.191 e. The number of guanidine groups is 1. The molecule has 1 aliphatic heterocycles. The van der Waals surface area contributed by atoms with Crippen LogP contribution in [0, 0.1) is 0 Å². The van der Waals surface area contributed by atoms with Crippen LogP contribution in [0.25, 0.3) is 0 Å². The number of benzene rings is 1. The lowest BCUT2D eigenvalue weighted by atomic mass is 10.2. The van der Waals surface area contributed by atoms with Gasteiger partial charge in [0.05, 0.1) is 12.2 Å². The molecule has 6 nitrogen and oxygen atoms in total. The summed E-state index contributed by atoms with van der Waals surface area (Å²) in [4.78, 5) is 8.90. The number of piperazine rings is 1. The van der Waals surface area contributed by atoms with Crippen molar-refractivity contribution in [1.29, 1.82) is 0 Å². The van der Waals surface area contributed by atoms with Gasteiger partial charge >= 0.3 is 0 Å². The molecule has 0 saturated carbocycles. The van der Waals surface area contributed by atoms with Crippen molar-refractivity contribution in [3.8, 4) is 0 Å². The molecule has 8 heteroatoms. The van der Waals surface area contributed by atoms with Gasteiger partial charge in [-0.3, -0.25) is 4.68 Å². The maximum atomic E-state index is 6.11. The zero-order valence-electron chi connectivity index (χ0n) is 13.6. The molecule has 0 radical (unpaired) electrons. The molecular weight excluding hydrogens is 439 g/mol. The predicted octanol–water partition coefficient (Wildman–Crippen LogP) is 2.33. The lowest BCUT2D eigenvalue weighted by molar-refractivity contribution is 0.380. The number of aliphatic imine (C=N–C) groups is 1. The Bertz CT molecular complexity index is 676. The number of hydrogen-bond acceptors (Lipinski definition) is 3. The molecule has 1 aliphatic rings. The van der Waals surface area contributed by atoms with Crippen molar-refractivity contribution in [3.63, 3.8) is 0 Å². The minimum absolute atomic E-state index is 0. The molecule has 1 aromatic heterocycles. The Labute approximate surface area is 164 Å². The van der Waals surface area contributed by atoms with Crippen LogP contribution in [0.4, 0.5) is 5.69 Å². The van der Waals surface area contributed by atoms with E-state index in [0.29, 0.717) is 12.5 Å². The maximum absolute atomic E-state index is 6.11. The Morgan fingerprint density at radius 1 is 1.17 bits per heavy atom. The minimum Gasteiger partial charge on any atom is -0.370 e. The quantitative estimate of drug-likeness (QED) is 0.434. The summed E-state index contributed by atoms with van der Waals surface area (Å²) in [6, 6.07) is 9.90. The van der Waals surface area contributed by atoms with Gasteiger partial charge in [-0.25, -0.2) is 4.99 Å². The number of halogens is 2. The largest absolute Gasteiger partial charge is 0.370 e. The number of nitrogens with two attached hydrogens (primary N) is 1. The molecule has 2 N–H and O–H groups in total. The number of aromatic nitrogens is 2. The average Bonchev–Trinajstić information content (AvgIpc) is 2.99. The zero-order chi connectivity index (χ0) is 16.2. The molecule has 1 fully saturated rings. The second-order valence-corrected chi connectivity index (χ2v) is 6.04. The van der Waals surface area contributed by atoms with Crippen molar-refractivity contribution in [2.24, 2.45) is 17.8 Å². The summed E-state index contributed by atoms with van der Waals surface area (Å²) in [6.45, 7) is 4.08. The van der Waals surface area contributed by atoms with E-state index in [0.717, 1.165) is 36.9 Å². The second kappa shape index (κ2) is 8.57. The molecule has 0 unspecified atom stereocenters. The predicted molar refractivity (Wildman–Crippen MR) is 109 cm³/mol. The molecule has 0 atom stereocenters. The molecule has 2 heterocycles. The first-order valence-electron chi connectivity index (χ1n) is 7.66. The number of anilines is 1. The fourth-order valence-corrected chi connectivity index (χ4v) is 2.78. The standard InChI is InChI=1S/C16H21ClN6.HI/c1-21-7-6-14(20-21)12-19-16(18)23-10-8-22(9-11-23)15-4-2-13(17)3-5-15;/h2-7H,8-12H2,1H3,(H2,18,19);1H. The fourth-order valence-electron chi connectivity index (χ4n) is 2.66. The van der Waals surface area contributed by atoms with Gasteiger partial charge in [0, 0.05) is 50.1 Å². The van der Waals surface area contributed by atoms with E-state index in [1.54, 1.807) is 4.68 Å². The summed E-state index contributed by atoms with van der Waals surface area (Å²) in [6.07, 6.45) is 1.91. The van der Waals surface area contributed by atoms with Gasteiger partial charge in [-0.15, -0.1) is 24.0 Å². The van der Waals surface area contributed by atoms with Crippen LogP contribution in [0.2, 0.25) is 5.02 Å². The molecule has 2 aromatic rings. The Morgan fingerprint density at radius 2 is 1.83 bits per heavy atom. The Morgan fingerprint density at radius 3 is 2.42 bits per heavy atom. The van der Waals surface area contributed by atoms with E-state index >= 15 is 0 Å². The SMILES string of the molecule is Cn1ccc(CN=C(N)N2CCN(c3ccc(Cl)cc3)CC2)n1.I. The number of nitrogens with zero attached hydrogens (tertiary/aromatic N) is 5. The van der Waals surface area contributed by atoms with Gasteiger partial charge in [-0.05, 0) is 30.3 Å². The van der Waals surface area contributed by atoms with E-state index < -0.39 is 0 Å². The summed E-state index contributed by atoms with van der Waals surface area (Å²) in [5.41, 5.74) is 8.23. The summed E-state index contributed by atoms with van der Waals surface area (Å²) in [7, 11) is 1.90. The highest BCUT2D eigenvalue weighted by Gasteiger charge is 2.18. The van der Waals surface area contributed by atoms with Crippen molar-refractivity contribution in [3.05, 3.63) is 47.2 Å². The highest BCUT2D eigenvalue weighted by Crippen LogP contribution is 2.19. The van der Waals surface area contributed by atoms with Gasteiger partial charge in [-0.2, -0.15) is 5.10 Å². The number of hydrogen-bond donors (Lipinski definition) is 1. The van der Waals surface area contributed by atoms with Crippen LogP contribution in [0.1, 0.15) is 5.69 Å². The fraction of sp³-hybridized carbons (Fsp3) is 0.375. The monoisotopic (exact) mass is 460 g/mol. The maximum Gasteiger partial charge on any atom is 0.191 e. The lowest BCUT2D eigenvalue weighted by Gasteiger charge is -2.36. The van der Waals surface area contributed by atoms with Crippen molar-refractivity contribution >= 4 is 47.2 Å². The molecule has 0 bridgehead atoms. The molecular formula is C16H22ClIN6. The van der Waals surface area contributed by atoms with Gasteiger partial charge in [0.1, 0.15) is 0 Å². The van der Waals surface area contributed by atoms with Gasteiger partial charge in [-0.1, -0.05) is 11.6 Å². The van der Waals surface area contributed by atoms with Crippen molar-refractivity contribution < 1.29 is 0 Å². The van der Waals surface area contributed by atoms with Crippen LogP contribution < -0.4 is 10.6 Å². The summed E-state index contributed by atoms with van der Waals surface area (Å²) in [5.74, 6) is 0.589. The zero-order valence-corrected chi connectivity index (χ0v) is 16.7. The van der Waals surface area contributed by atoms with Crippen LogP contribution in [0.3, 0.4) is 0 Å². The van der Waals surface area contributed by atoms with Gasteiger partial charge < -0.3 is 15.5 Å². The van der Waals surface area contributed by atoms with E-state index in [1.165, 1.54) is 5.69 Å². The van der Waals surface area contributed by atoms with Gasteiger partial charge in [0.25, 0.3) is 0 Å². The summed E-state index contributed by atoms with van der Waals surface area (Å²) >= 11 is 5.94. The van der Waals surface area contributed by atoms with Crippen LogP contribution >= 0.6 is 35.6 Å². The van der Waals surface area contributed by atoms with Crippen LogP contribution in [-0.2, 0) is 13.6 Å². The molecule has 24 heavy (non-hydrogen) atoms. The highest BCUT2D eigenvalue weighted by molar-refractivity contribution is 14.0. The first kappa shape index (κ1) is 18.9.